The number of halogens is 3. The lowest BCUT2D eigenvalue weighted by Gasteiger charge is -2.14. The van der Waals surface area contributed by atoms with Crippen molar-refractivity contribution in [3.05, 3.63) is 52.3 Å². The van der Waals surface area contributed by atoms with Crippen molar-refractivity contribution in [3.8, 4) is 0 Å². The summed E-state index contributed by atoms with van der Waals surface area (Å²) in [7, 11) is 0. The fourth-order valence-corrected chi connectivity index (χ4v) is 1.83. The highest BCUT2D eigenvalue weighted by Crippen LogP contribution is 2.20. The van der Waals surface area contributed by atoms with E-state index >= 15 is 0 Å². The molecule has 18 heavy (non-hydrogen) atoms. The van der Waals surface area contributed by atoms with Crippen molar-refractivity contribution >= 4 is 11.6 Å². The third-order valence-corrected chi connectivity index (χ3v) is 3.14. The van der Waals surface area contributed by atoms with Crippen molar-refractivity contribution in [2.75, 3.05) is 0 Å². The monoisotopic (exact) mass is 271 g/mol. The van der Waals surface area contributed by atoms with Gasteiger partial charge >= 0.3 is 0 Å². The number of rotatable bonds is 3. The minimum atomic E-state index is -0.685. The van der Waals surface area contributed by atoms with Crippen LogP contribution in [0, 0.1) is 18.6 Å². The Balaban J connectivity index is 2.24. The second-order valence-corrected chi connectivity index (χ2v) is 4.44. The van der Waals surface area contributed by atoms with E-state index in [-0.39, 0.29) is 12.1 Å². The molecule has 0 spiro atoms. The van der Waals surface area contributed by atoms with Gasteiger partial charge in [0.2, 0.25) is 0 Å². The lowest BCUT2D eigenvalue weighted by Crippen LogP contribution is -2.20. The highest BCUT2D eigenvalue weighted by Gasteiger charge is 2.15. The van der Waals surface area contributed by atoms with E-state index in [1.54, 1.807) is 11.6 Å². The van der Waals surface area contributed by atoms with E-state index in [1.165, 1.54) is 6.20 Å². The smallest absolute Gasteiger partial charge is 0.128 e. The Kier molecular flexibility index (Phi) is 3.63. The maximum Gasteiger partial charge on any atom is 0.128 e. The van der Waals surface area contributed by atoms with Crippen molar-refractivity contribution in [1.82, 2.24) is 9.78 Å². The fraction of sp³-hybridized carbons (Fsp3) is 0.250. The van der Waals surface area contributed by atoms with Crippen molar-refractivity contribution in [2.24, 2.45) is 5.73 Å². The first kappa shape index (κ1) is 13.0. The first-order valence-corrected chi connectivity index (χ1v) is 5.75. The van der Waals surface area contributed by atoms with Gasteiger partial charge in [0.25, 0.3) is 0 Å². The molecular formula is C12H12ClF2N3. The minimum absolute atomic E-state index is 0.126. The van der Waals surface area contributed by atoms with E-state index in [0.29, 0.717) is 5.02 Å². The Morgan fingerprint density at radius 2 is 2.17 bits per heavy atom. The van der Waals surface area contributed by atoms with Gasteiger partial charge in [0.15, 0.2) is 0 Å². The lowest BCUT2D eigenvalue weighted by molar-refractivity contribution is 0.489. The van der Waals surface area contributed by atoms with Crippen LogP contribution in [0.15, 0.2) is 24.4 Å². The van der Waals surface area contributed by atoms with Crippen molar-refractivity contribution < 1.29 is 8.78 Å². The van der Waals surface area contributed by atoms with Crippen molar-refractivity contribution in [3.63, 3.8) is 0 Å². The molecule has 0 aliphatic rings. The highest BCUT2D eigenvalue weighted by atomic mass is 35.5. The van der Waals surface area contributed by atoms with Crippen LogP contribution in [0.5, 0.6) is 0 Å². The summed E-state index contributed by atoms with van der Waals surface area (Å²) in [6.45, 7) is 2.02. The molecule has 0 aliphatic carbocycles. The summed E-state index contributed by atoms with van der Waals surface area (Å²) in [5.74, 6) is -1.04. The lowest BCUT2D eigenvalue weighted by atomic mass is 10.1. The van der Waals surface area contributed by atoms with Crippen LogP contribution in [-0.4, -0.2) is 9.78 Å². The van der Waals surface area contributed by atoms with Gasteiger partial charge in [0.05, 0.1) is 29.5 Å². The van der Waals surface area contributed by atoms with E-state index in [9.17, 15) is 8.78 Å². The van der Waals surface area contributed by atoms with E-state index in [2.05, 4.69) is 5.10 Å². The second-order valence-electron chi connectivity index (χ2n) is 4.03. The first-order valence-electron chi connectivity index (χ1n) is 5.37. The molecule has 1 aromatic heterocycles. The normalized spacial score (nSPS) is 12.7. The summed E-state index contributed by atoms with van der Waals surface area (Å²) in [6, 6.07) is 2.53. The summed E-state index contributed by atoms with van der Waals surface area (Å²) in [6.07, 6.45) is 1.49. The Bertz CT molecular complexity index is 568. The molecule has 2 rings (SSSR count). The molecule has 0 aliphatic heterocycles. The van der Waals surface area contributed by atoms with Crippen LogP contribution < -0.4 is 5.73 Å². The van der Waals surface area contributed by atoms with Gasteiger partial charge in [0, 0.05) is 5.56 Å². The maximum absolute atomic E-state index is 13.5. The molecule has 1 heterocycles. The summed E-state index contributed by atoms with van der Waals surface area (Å²) >= 11 is 5.86. The van der Waals surface area contributed by atoms with Gasteiger partial charge in [-0.05, 0) is 25.1 Å². The highest BCUT2D eigenvalue weighted by molar-refractivity contribution is 6.31. The zero-order valence-corrected chi connectivity index (χ0v) is 10.5. The predicted molar refractivity (Wildman–Crippen MR) is 65.3 cm³/mol. The van der Waals surface area contributed by atoms with Crippen LogP contribution in [0.25, 0.3) is 0 Å². The molecule has 2 N–H and O–H groups in total. The van der Waals surface area contributed by atoms with Crippen molar-refractivity contribution in [2.45, 2.75) is 19.5 Å². The molecule has 2 aromatic rings. The topological polar surface area (TPSA) is 43.8 Å². The van der Waals surface area contributed by atoms with Gasteiger partial charge in [-0.25, -0.2) is 8.78 Å². The second kappa shape index (κ2) is 5.04. The van der Waals surface area contributed by atoms with Crippen LogP contribution in [-0.2, 0) is 6.54 Å². The third-order valence-electron chi connectivity index (χ3n) is 2.77. The van der Waals surface area contributed by atoms with Gasteiger partial charge in [-0.3, -0.25) is 4.68 Å². The van der Waals surface area contributed by atoms with E-state index in [0.717, 1.165) is 23.9 Å². The van der Waals surface area contributed by atoms with Crippen LogP contribution in [0.1, 0.15) is 17.3 Å². The average molecular weight is 272 g/mol. The van der Waals surface area contributed by atoms with E-state index in [4.69, 9.17) is 17.3 Å². The van der Waals surface area contributed by atoms with E-state index in [1.807, 2.05) is 0 Å². The fourth-order valence-electron chi connectivity index (χ4n) is 1.69. The zero-order valence-electron chi connectivity index (χ0n) is 9.70. The Morgan fingerprint density at radius 1 is 1.44 bits per heavy atom. The molecule has 0 saturated heterocycles. The largest absolute Gasteiger partial charge is 0.322 e. The minimum Gasteiger partial charge on any atom is -0.322 e. The van der Waals surface area contributed by atoms with Gasteiger partial charge in [0.1, 0.15) is 11.6 Å². The van der Waals surface area contributed by atoms with Gasteiger partial charge in [-0.1, -0.05) is 11.6 Å². The third kappa shape index (κ3) is 2.52. The molecule has 1 unspecified atom stereocenters. The van der Waals surface area contributed by atoms with Crippen LogP contribution in [0.3, 0.4) is 0 Å². The summed E-state index contributed by atoms with van der Waals surface area (Å²) in [4.78, 5) is 0. The quantitative estimate of drug-likeness (QED) is 0.933. The Hall–Kier alpha value is -1.46. The molecule has 0 amide bonds. The molecule has 0 fully saturated rings. The average Bonchev–Trinajstić information content (AvgIpc) is 2.64. The summed E-state index contributed by atoms with van der Waals surface area (Å²) in [5, 5.41) is 4.54. The number of hydrogen-bond donors (Lipinski definition) is 1. The number of nitrogens with two attached hydrogens (primary N) is 1. The molecule has 3 nitrogen and oxygen atoms in total. The Labute approximate surface area is 108 Å². The van der Waals surface area contributed by atoms with Gasteiger partial charge < -0.3 is 5.73 Å². The molecular weight excluding hydrogens is 260 g/mol. The predicted octanol–water partition coefficient (Wildman–Crippen LogP) is 2.82. The molecule has 0 radical (unpaired) electrons. The molecule has 0 saturated carbocycles. The number of hydrogen-bond acceptors (Lipinski definition) is 2. The number of benzene rings is 1. The standard InChI is InChI=1S/C12H12ClF2N3/c1-7-10(13)5-17-18(7)6-12(16)9-4-8(14)2-3-11(9)15/h2-5,12H,6,16H2,1H3. The van der Waals surface area contributed by atoms with Crippen molar-refractivity contribution in [1.29, 1.82) is 0 Å². The van der Waals surface area contributed by atoms with Crippen LogP contribution in [0.2, 0.25) is 5.02 Å². The van der Waals surface area contributed by atoms with E-state index < -0.39 is 17.7 Å². The SMILES string of the molecule is Cc1c(Cl)cnn1CC(N)c1cc(F)ccc1F. The molecule has 1 atom stereocenters. The zero-order chi connectivity index (χ0) is 13.3. The maximum atomic E-state index is 13.5. The van der Waals surface area contributed by atoms with Gasteiger partial charge in [-0.2, -0.15) is 5.10 Å². The number of aromatic nitrogens is 2. The van der Waals surface area contributed by atoms with Gasteiger partial charge in [-0.15, -0.1) is 0 Å². The number of nitrogens with zero attached hydrogens (tertiary/aromatic N) is 2. The molecule has 6 heteroatoms. The first-order chi connectivity index (χ1) is 8.49. The molecule has 1 aromatic carbocycles. The molecule has 0 bridgehead atoms. The van der Waals surface area contributed by atoms with Crippen LogP contribution in [0.4, 0.5) is 8.78 Å². The summed E-state index contributed by atoms with van der Waals surface area (Å²) in [5.41, 5.74) is 6.73. The molecule has 96 valence electrons. The summed E-state index contributed by atoms with van der Waals surface area (Å²) < 4.78 is 28.2. The van der Waals surface area contributed by atoms with Crippen LogP contribution >= 0.6 is 11.6 Å². The Morgan fingerprint density at radius 3 is 2.78 bits per heavy atom.